The molecule has 1 unspecified atom stereocenters. The van der Waals surface area contributed by atoms with Crippen molar-refractivity contribution in [2.75, 3.05) is 11.9 Å². The number of para-hydroxylation sites is 1. The van der Waals surface area contributed by atoms with Crippen molar-refractivity contribution in [3.05, 3.63) is 29.8 Å². The number of likely N-dealkylation sites (N-methyl/N-ethyl adjacent to an activating group) is 1. The van der Waals surface area contributed by atoms with E-state index in [1.807, 2.05) is 24.3 Å². The number of anilines is 1. The summed E-state index contributed by atoms with van der Waals surface area (Å²) in [5, 5.41) is 2.61. The van der Waals surface area contributed by atoms with E-state index in [2.05, 4.69) is 5.32 Å². The minimum atomic E-state index is -2.59. The normalized spacial score (nSPS) is 23.0. The Bertz CT molecular complexity index is 638. The van der Waals surface area contributed by atoms with Crippen LogP contribution < -0.4 is 10.2 Å². The topological polar surface area (TPSA) is 49.4 Å². The maximum Gasteiger partial charge on any atom is 0.248 e. The van der Waals surface area contributed by atoms with Crippen molar-refractivity contribution in [1.82, 2.24) is 5.32 Å². The molecule has 0 radical (unpaired) electrons. The molecule has 0 saturated heterocycles. The molecule has 2 amide bonds. The second kappa shape index (κ2) is 6.49. The summed E-state index contributed by atoms with van der Waals surface area (Å²) in [5.74, 6) is -2.97. The van der Waals surface area contributed by atoms with Crippen molar-refractivity contribution in [2.24, 2.45) is 5.92 Å². The fraction of sp³-hybridized carbons (Fsp3) is 0.556. The molecule has 1 saturated carbocycles. The van der Waals surface area contributed by atoms with Crippen molar-refractivity contribution in [3.63, 3.8) is 0 Å². The Balaban J connectivity index is 1.75. The Morgan fingerprint density at radius 2 is 1.92 bits per heavy atom. The van der Waals surface area contributed by atoms with Crippen LogP contribution in [0.15, 0.2) is 24.3 Å². The Morgan fingerprint density at radius 3 is 2.58 bits per heavy atom. The quantitative estimate of drug-likeness (QED) is 0.923. The maximum absolute atomic E-state index is 13.3. The second-order valence-electron chi connectivity index (χ2n) is 6.73. The molecule has 4 nitrogen and oxygen atoms in total. The molecule has 3 rings (SSSR count). The fourth-order valence-corrected chi connectivity index (χ4v) is 3.72. The van der Waals surface area contributed by atoms with E-state index in [1.165, 1.54) is 0 Å². The number of amides is 2. The van der Waals surface area contributed by atoms with Gasteiger partial charge in [-0.2, -0.15) is 0 Å². The van der Waals surface area contributed by atoms with Crippen LogP contribution in [0.4, 0.5) is 14.5 Å². The van der Waals surface area contributed by atoms with E-state index in [4.69, 9.17) is 0 Å². The summed E-state index contributed by atoms with van der Waals surface area (Å²) in [6, 6.07) is 6.93. The van der Waals surface area contributed by atoms with Crippen LogP contribution in [-0.2, 0) is 16.0 Å². The Labute approximate surface area is 140 Å². The van der Waals surface area contributed by atoms with Gasteiger partial charge in [0.25, 0.3) is 0 Å². The summed E-state index contributed by atoms with van der Waals surface area (Å²) in [6.45, 7) is 0. The predicted octanol–water partition coefficient (Wildman–Crippen LogP) is 2.91. The number of fused-ring (bicyclic) bond motifs is 1. The lowest BCUT2D eigenvalue weighted by Gasteiger charge is -2.30. The zero-order valence-corrected chi connectivity index (χ0v) is 13.7. The number of benzene rings is 1. The third-order valence-electron chi connectivity index (χ3n) is 5.09. The van der Waals surface area contributed by atoms with E-state index < -0.39 is 12.0 Å². The molecule has 1 aromatic carbocycles. The van der Waals surface area contributed by atoms with Gasteiger partial charge in [-0.15, -0.1) is 0 Å². The lowest BCUT2D eigenvalue weighted by atomic mass is 9.84. The van der Waals surface area contributed by atoms with Gasteiger partial charge in [-0.25, -0.2) is 8.78 Å². The number of carbonyl (C=O) groups excluding carboxylic acids is 2. The van der Waals surface area contributed by atoms with Gasteiger partial charge in [0.2, 0.25) is 17.7 Å². The smallest absolute Gasteiger partial charge is 0.248 e. The standard InChI is InChI=1S/C18H22F2N2O2/c1-21-17(24)15-11-13-4-2-3-5-14(13)22(15)16(23)10-12-6-8-18(19,20)9-7-12/h2-5,12,15H,6-11H2,1H3,(H,21,24). The third-order valence-corrected chi connectivity index (χ3v) is 5.09. The molecule has 130 valence electrons. The first-order valence-electron chi connectivity index (χ1n) is 8.40. The predicted molar refractivity (Wildman–Crippen MR) is 87.0 cm³/mol. The summed E-state index contributed by atoms with van der Waals surface area (Å²) in [4.78, 5) is 26.6. The molecule has 24 heavy (non-hydrogen) atoms. The van der Waals surface area contributed by atoms with Gasteiger partial charge in [-0.1, -0.05) is 18.2 Å². The number of carbonyl (C=O) groups is 2. The molecule has 1 N–H and O–H groups in total. The second-order valence-corrected chi connectivity index (χ2v) is 6.73. The van der Waals surface area contributed by atoms with Gasteiger partial charge >= 0.3 is 0 Å². The number of hydrogen-bond acceptors (Lipinski definition) is 2. The van der Waals surface area contributed by atoms with Crippen LogP contribution in [0.2, 0.25) is 0 Å². The van der Waals surface area contributed by atoms with E-state index >= 15 is 0 Å². The minimum Gasteiger partial charge on any atom is -0.357 e. The van der Waals surface area contributed by atoms with Gasteiger partial charge < -0.3 is 5.32 Å². The van der Waals surface area contributed by atoms with Crippen LogP contribution in [0.1, 0.15) is 37.7 Å². The molecule has 6 heteroatoms. The summed E-state index contributed by atoms with van der Waals surface area (Å²) in [6.07, 6.45) is 1.13. The highest BCUT2D eigenvalue weighted by molar-refractivity contribution is 6.03. The number of rotatable bonds is 3. The molecule has 0 aromatic heterocycles. The molecule has 1 atom stereocenters. The van der Waals surface area contributed by atoms with E-state index in [0.717, 1.165) is 11.3 Å². The van der Waals surface area contributed by atoms with E-state index in [9.17, 15) is 18.4 Å². The molecule has 1 aliphatic carbocycles. The molecule has 1 aliphatic heterocycles. The van der Waals surface area contributed by atoms with Crippen LogP contribution in [0.5, 0.6) is 0 Å². The summed E-state index contributed by atoms with van der Waals surface area (Å²) >= 11 is 0. The molecule has 0 spiro atoms. The lowest BCUT2D eigenvalue weighted by Crippen LogP contribution is -2.47. The number of nitrogens with zero attached hydrogens (tertiary/aromatic N) is 1. The SMILES string of the molecule is CNC(=O)C1Cc2ccccc2N1C(=O)CC1CCC(F)(F)CC1. The first kappa shape index (κ1) is 16.9. The third kappa shape index (κ3) is 3.28. The highest BCUT2D eigenvalue weighted by atomic mass is 19.3. The van der Waals surface area contributed by atoms with Gasteiger partial charge in [0, 0.05) is 38.4 Å². The number of hydrogen-bond donors (Lipinski definition) is 1. The van der Waals surface area contributed by atoms with Crippen molar-refractivity contribution in [1.29, 1.82) is 0 Å². The largest absolute Gasteiger partial charge is 0.357 e. The van der Waals surface area contributed by atoms with Crippen LogP contribution in [0, 0.1) is 5.92 Å². The van der Waals surface area contributed by atoms with Crippen LogP contribution in [0.3, 0.4) is 0 Å². The van der Waals surface area contributed by atoms with Gasteiger partial charge in [0.1, 0.15) is 6.04 Å². The zero-order chi connectivity index (χ0) is 17.3. The Kier molecular flexibility index (Phi) is 4.56. The maximum atomic E-state index is 13.3. The first-order valence-corrected chi connectivity index (χ1v) is 8.40. The molecule has 1 aromatic rings. The highest BCUT2D eigenvalue weighted by Crippen LogP contribution is 2.39. The average Bonchev–Trinajstić information content (AvgIpc) is 2.95. The first-order chi connectivity index (χ1) is 11.4. The number of alkyl halides is 2. The summed E-state index contributed by atoms with van der Waals surface area (Å²) in [7, 11) is 1.55. The molecular formula is C18H22F2N2O2. The lowest BCUT2D eigenvalue weighted by molar-refractivity contribution is -0.126. The van der Waals surface area contributed by atoms with Gasteiger partial charge in [-0.3, -0.25) is 14.5 Å². The van der Waals surface area contributed by atoms with E-state index in [0.29, 0.717) is 19.3 Å². The molecule has 1 fully saturated rings. The van der Waals surface area contributed by atoms with Crippen molar-refractivity contribution >= 4 is 17.5 Å². The molecule has 1 heterocycles. The number of halogens is 2. The average molecular weight is 336 g/mol. The molecular weight excluding hydrogens is 314 g/mol. The molecule has 2 aliphatic rings. The fourth-order valence-electron chi connectivity index (χ4n) is 3.72. The minimum absolute atomic E-state index is 0.0322. The Morgan fingerprint density at radius 1 is 1.25 bits per heavy atom. The van der Waals surface area contributed by atoms with Crippen LogP contribution in [-0.4, -0.2) is 30.8 Å². The van der Waals surface area contributed by atoms with Crippen molar-refractivity contribution in [2.45, 2.75) is 50.5 Å². The monoisotopic (exact) mass is 336 g/mol. The van der Waals surface area contributed by atoms with E-state index in [-0.39, 0.29) is 37.0 Å². The van der Waals surface area contributed by atoms with Gasteiger partial charge in [0.05, 0.1) is 0 Å². The van der Waals surface area contributed by atoms with E-state index in [1.54, 1.807) is 11.9 Å². The van der Waals surface area contributed by atoms with Crippen molar-refractivity contribution < 1.29 is 18.4 Å². The van der Waals surface area contributed by atoms with Gasteiger partial charge in [-0.05, 0) is 30.4 Å². The summed E-state index contributed by atoms with van der Waals surface area (Å²) in [5.41, 5.74) is 1.73. The number of nitrogens with one attached hydrogen (secondary N) is 1. The zero-order valence-electron chi connectivity index (χ0n) is 13.7. The molecule has 0 bridgehead atoms. The highest BCUT2D eigenvalue weighted by Gasteiger charge is 2.40. The van der Waals surface area contributed by atoms with Crippen LogP contribution in [0.25, 0.3) is 0 Å². The summed E-state index contributed by atoms with van der Waals surface area (Å²) < 4.78 is 26.6. The van der Waals surface area contributed by atoms with Crippen LogP contribution >= 0.6 is 0 Å². The van der Waals surface area contributed by atoms with Gasteiger partial charge in [0.15, 0.2) is 0 Å². The Hall–Kier alpha value is -1.98. The van der Waals surface area contributed by atoms with Crippen molar-refractivity contribution in [3.8, 4) is 0 Å².